The second kappa shape index (κ2) is 2.57. The summed E-state index contributed by atoms with van der Waals surface area (Å²) in [7, 11) is 0. The summed E-state index contributed by atoms with van der Waals surface area (Å²) in [6.07, 6.45) is 0. The molecule has 0 fully saturated rings. The molecular formula is C8H7N3S. The third-order valence-electron chi connectivity index (χ3n) is 1.64. The van der Waals surface area contributed by atoms with E-state index < -0.39 is 0 Å². The van der Waals surface area contributed by atoms with Crippen LogP contribution in [0, 0.1) is 5.41 Å². The number of nitrogen functional groups attached to an aromatic ring is 1. The fourth-order valence-electron chi connectivity index (χ4n) is 1.02. The van der Waals surface area contributed by atoms with Gasteiger partial charge in [-0.25, -0.2) is 4.98 Å². The first kappa shape index (κ1) is 7.24. The van der Waals surface area contributed by atoms with Crippen molar-refractivity contribution >= 4 is 27.4 Å². The number of nitrogens with two attached hydrogens (primary N) is 1. The number of thiazole rings is 1. The van der Waals surface area contributed by atoms with Crippen LogP contribution in [0.4, 0.5) is 0 Å². The van der Waals surface area contributed by atoms with Gasteiger partial charge in [-0.15, -0.1) is 11.3 Å². The fraction of sp³-hybridized carbons (Fsp3) is 0. The molecule has 0 aliphatic rings. The lowest BCUT2D eigenvalue weighted by Crippen LogP contribution is -2.10. The largest absolute Gasteiger partial charge is 0.384 e. The zero-order valence-corrected chi connectivity index (χ0v) is 7.06. The Kier molecular flexibility index (Phi) is 1.55. The van der Waals surface area contributed by atoms with Crippen LogP contribution in [-0.2, 0) is 0 Å². The number of benzene rings is 1. The zero-order valence-electron chi connectivity index (χ0n) is 6.24. The van der Waals surface area contributed by atoms with Crippen molar-refractivity contribution in [2.75, 3.05) is 0 Å². The highest BCUT2D eigenvalue weighted by molar-refractivity contribution is 7.16. The van der Waals surface area contributed by atoms with E-state index in [2.05, 4.69) is 4.98 Å². The molecule has 12 heavy (non-hydrogen) atoms. The zero-order chi connectivity index (χ0) is 8.55. The van der Waals surface area contributed by atoms with E-state index in [1.807, 2.05) is 18.2 Å². The number of rotatable bonds is 1. The van der Waals surface area contributed by atoms with Crippen LogP contribution in [0.25, 0.3) is 10.2 Å². The van der Waals surface area contributed by atoms with Crippen LogP contribution >= 0.6 is 11.3 Å². The first-order valence-electron chi connectivity index (χ1n) is 3.45. The molecular weight excluding hydrogens is 170 g/mol. The molecule has 1 aromatic carbocycles. The van der Waals surface area contributed by atoms with Gasteiger partial charge in [-0.2, -0.15) is 0 Å². The van der Waals surface area contributed by atoms with Crippen molar-refractivity contribution in [1.82, 2.24) is 4.98 Å². The SMILES string of the molecule is N=C(N)c1ccc2ncsc2c1. The normalized spacial score (nSPS) is 10.3. The number of aromatic nitrogens is 1. The van der Waals surface area contributed by atoms with Crippen LogP contribution < -0.4 is 5.73 Å². The Morgan fingerprint density at radius 1 is 1.50 bits per heavy atom. The molecule has 3 nitrogen and oxygen atoms in total. The van der Waals surface area contributed by atoms with Gasteiger partial charge in [0.25, 0.3) is 0 Å². The Bertz CT molecular complexity index is 433. The Morgan fingerprint density at radius 2 is 2.33 bits per heavy atom. The van der Waals surface area contributed by atoms with Gasteiger partial charge in [-0.3, -0.25) is 5.41 Å². The summed E-state index contributed by atoms with van der Waals surface area (Å²) in [5.41, 5.74) is 8.85. The van der Waals surface area contributed by atoms with Crippen LogP contribution in [0.3, 0.4) is 0 Å². The van der Waals surface area contributed by atoms with Crippen LogP contribution in [0.1, 0.15) is 5.56 Å². The molecule has 0 spiro atoms. The summed E-state index contributed by atoms with van der Waals surface area (Å²) in [4.78, 5) is 4.13. The standard InChI is InChI=1S/C8H7N3S/c9-8(10)5-1-2-6-7(3-5)12-4-11-6/h1-4H,(H3,9,10). The third-order valence-corrected chi connectivity index (χ3v) is 2.43. The molecule has 0 unspecified atom stereocenters. The van der Waals surface area contributed by atoms with Gasteiger partial charge in [0.15, 0.2) is 0 Å². The van der Waals surface area contributed by atoms with E-state index in [0.717, 1.165) is 15.8 Å². The van der Waals surface area contributed by atoms with Crippen LogP contribution in [0.15, 0.2) is 23.7 Å². The highest BCUT2D eigenvalue weighted by Gasteiger charge is 1.99. The highest BCUT2D eigenvalue weighted by atomic mass is 32.1. The molecule has 1 heterocycles. The lowest BCUT2D eigenvalue weighted by atomic mass is 10.2. The maximum Gasteiger partial charge on any atom is 0.122 e. The maximum absolute atomic E-state index is 7.23. The Balaban J connectivity index is 2.68. The van der Waals surface area contributed by atoms with E-state index in [1.165, 1.54) is 0 Å². The fourth-order valence-corrected chi connectivity index (χ4v) is 1.74. The molecule has 4 heteroatoms. The maximum atomic E-state index is 7.23. The van der Waals surface area contributed by atoms with Gasteiger partial charge in [-0.05, 0) is 18.2 Å². The quantitative estimate of drug-likeness (QED) is 0.513. The average molecular weight is 177 g/mol. The molecule has 60 valence electrons. The molecule has 0 aliphatic heterocycles. The molecule has 0 atom stereocenters. The van der Waals surface area contributed by atoms with Gasteiger partial charge in [0.1, 0.15) is 5.84 Å². The van der Waals surface area contributed by atoms with Gasteiger partial charge in [0.2, 0.25) is 0 Å². The second-order valence-electron chi connectivity index (χ2n) is 2.45. The molecule has 0 saturated carbocycles. The second-order valence-corrected chi connectivity index (χ2v) is 3.33. The number of nitrogens with one attached hydrogen (secondary N) is 1. The lowest BCUT2D eigenvalue weighted by molar-refractivity contribution is 1.43. The Hall–Kier alpha value is -1.42. The smallest absolute Gasteiger partial charge is 0.122 e. The van der Waals surface area contributed by atoms with Crippen LogP contribution in [0.5, 0.6) is 0 Å². The molecule has 0 aliphatic carbocycles. The predicted octanol–water partition coefficient (Wildman–Crippen LogP) is 1.58. The van der Waals surface area contributed by atoms with Crippen LogP contribution in [0.2, 0.25) is 0 Å². The molecule has 1 aromatic heterocycles. The average Bonchev–Trinajstić information content (AvgIpc) is 2.49. The van der Waals surface area contributed by atoms with E-state index in [1.54, 1.807) is 16.8 Å². The first-order chi connectivity index (χ1) is 5.77. The van der Waals surface area contributed by atoms with E-state index in [9.17, 15) is 0 Å². The summed E-state index contributed by atoms with van der Waals surface area (Å²) in [6, 6.07) is 5.57. The van der Waals surface area contributed by atoms with Crippen molar-refractivity contribution < 1.29 is 0 Å². The number of amidine groups is 1. The molecule has 0 bridgehead atoms. The Morgan fingerprint density at radius 3 is 3.08 bits per heavy atom. The first-order valence-corrected chi connectivity index (χ1v) is 4.33. The van der Waals surface area contributed by atoms with Crippen LogP contribution in [-0.4, -0.2) is 10.8 Å². The van der Waals surface area contributed by atoms with Crippen molar-refractivity contribution in [2.45, 2.75) is 0 Å². The van der Waals surface area contributed by atoms with Gasteiger partial charge in [0, 0.05) is 5.56 Å². The van der Waals surface area contributed by atoms with Crippen molar-refractivity contribution in [1.29, 1.82) is 5.41 Å². The third kappa shape index (κ3) is 1.06. The van der Waals surface area contributed by atoms with Crippen molar-refractivity contribution in [2.24, 2.45) is 5.73 Å². The van der Waals surface area contributed by atoms with Gasteiger partial charge >= 0.3 is 0 Å². The molecule has 3 N–H and O–H groups in total. The molecule has 0 radical (unpaired) electrons. The van der Waals surface area contributed by atoms with E-state index in [4.69, 9.17) is 11.1 Å². The number of fused-ring (bicyclic) bond motifs is 1. The number of hydrogen-bond acceptors (Lipinski definition) is 3. The van der Waals surface area contributed by atoms with E-state index >= 15 is 0 Å². The Labute approximate surface area is 73.4 Å². The highest BCUT2D eigenvalue weighted by Crippen LogP contribution is 2.18. The summed E-state index contributed by atoms with van der Waals surface area (Å²) in [5, 5.41) is 7.23. The minimum Gasteiger partial charge on any atom is -0.384 e. The van der Waals surface area contributed by atoms with Gasteiger partial charge < -0.3 is 5.73 Å². The lowest BCUT2D eigenvalue weighted by Gasteiger charge is -1.95. The van der Waals surface area contributed by atoms with Crippen molar-refractivity contribution in [3.8, 4) is 0 Å². The minimum absolute atomic E-state index is 0.102. The minimum atomic E-state index is 0.102. The van der Waals surface area contributed by atoms with E-state index in [-0.39, 0.29) is 5.84 Å². The van der Waals surface area contributed by atoms with Gasteiger partial charge in [0.05, 0.1) is 15.7 Å². The topological polar surface area (TPSA) is 62.8 Å². The molecule has 0 saturated heterocycles. The monoisotopic (exact) mass is 177 g/mol. The van der Waals surface area contributed by atoms with Crippen molar-refractivity contribution in [3.05, 3.63) is 29.3 Å². The summed E-state index contributed by atoms with van der Waals surface area (Å²) >= 11 is 1.56. The van der Waals surface area contributed by atoms with Gasteiger partial charge in [-0.1, -0.05) is 0 Å². The van der Waals surface area contributed by atoms with Crippen molar-refractivity contribution in [3.63, 3.8) is 0 Å². The summed E-state index contributed by atoms with van der Waals surface area (Å²) in [5.74, 6) is 0.102. The predicted molar refractivity (Wildman–Crippen MR) is 50.6 cm³/mol. The number of nitrogens with zero attached hydrogens (tertiary/aromatic N) is 1. The molecule has 0 amide bonds. The molecule has 2 rings (SSSR count). The van der Waals surface area contributed by atoms with E-state index in [0.29, 0.717) is 0 Å². The molecule has 2 aromatic rings. The summed E-state index contributed by atoms with van der Waals surface area (Å²) < 4.78 is 1.07. The number of hydrogen-bond donors (Lipinski definition) is 2. The summed E-state index contributed by atoms with van der Waals surface area (Å²) in [6.45, 7) is 0.